The summed E-state index contributed by atoms with van der Waals surface area (Å²) in [5.41, 5.74) is 2.69. The van der Waals surface area contributed by atoms with Crippen LogP contribution in [0.4, 0.5) is 0 Å². The van der Waals surface area contributed by atoms with Crippen LogP contribution in [-0.4, -0.2) is 32.7 Å². The zero-order valence-electron chi connectivity index (χ0n) is 15.4. The van der Waals surface area contributed by atoms with Gasteiger partial charge < -0.3 is 15.1 Å². The Balaban J connectivity index is 0.00000338. The van der Waals surface area contributed by atoms with E-state index >= 15 is 0 Å². The molecule has 0 bridgehead atoms. The Morgan fingerprint density at radius 2 is 1.69 bits per heavy atom. The van der Waals surface area contributed by atoms with Crippen molar-refractivity contribution < 1.29 is 12.8 Å². The van der Waals surface area contributed by atoms with Gasteiger partial charge in [-0.3, -0.25) is 4.99 Å². The summed E-state index contributed by atoms with van der Waals surface area (Å²) in [4.78, 5) is 8.47. The van der Waals surface area contributed by atoms with Gasteiger partial charge in [0.1, 0.15) is 5.76 Å². The van der Waals surface area contributed by atoms with Crippen molar-refractivity contribution in [3.8, 4) is 0 Å². The van der Waals surface area contributed by atoms with Crippen LogP contribution in [0, 0.1) is 13.8 Å². The quantitative estimate of drug-likeness (QED) is 0.365. The van der Waals surface area contributed by atoms with Crippen molar-refractivity contribution in [2.45, 2.75) is 32.7 Å². The summed E-state index contributed by atoms with van der Waals surface area (Å²) in [6, 6.07) is 7.46. The second-order valence-corrected chi connectivity index (χ2v) is 8.06. The molecule has 1 heterocycles. The van der Waals surface area contributed by atoms with Crippen LogP contribution >= 0.6 is 24.0 Å². The van der Waals surface area contributed by atoms with E-state index in [4.69, 9.17) is 4.42 Å². The van der Waals surface area contributed by atoms with Crippen LogP contribution in [0.2, 0.25) is 0 Å². The molecule has 0 unspecified atom stereocenters. The summed E-state index contributed by atoms with van der Waals surface area (Å²) in [6.07, 6.45) is 1.23. The van der Waals surface area contributed by atoms with Gasteiger partial charge in [-0.05, 0) is 25.0 Å². The molecule has 0 atom stereocenters. The normalized spacial score (nSPS) is 11.8. The zero-order valence-corrected chi connectivity index (χ0v) is 18.5. The monoisotopic (exact) mass is 492 g/mol. The topological polar surface area (TPSA) is 96.6 Å². The van der Waals surface area contributed by atoms with E-state index in [1.54, 1.807) is 7.05 Å². The molecule has 1 aromatic heterocycles. The highest BCUT2D eigenvalue weighted by atomic mass is 127. The lowest BCUT2D eigenvalue weighted by atomic mass is 10.1. The average molecular weight is 492 g/mol. The van der Waals surface area contributed by atoms with Crippen molar-refractivity contribution in [1.82, 2.24) is 15.6 Å². The first-order valence-corrected chi connectivity index (χ1v) is 9.96. The van der Waals surface area contributed by atoms with Gasteiger partial charge in [0.2, 0.25) is 5.89 Å². The van der Waals surface area contributed by atoms with Crippen molar-refractivity contribution in [3.05, 3.63) is 52.7 Å². The average Bonchev–Trinajstić information content (AvgIpc) is 2.86. The van der Waals surface area contributed by atoms with Crippen LogP contribution in [0.5, 0.6) is 0 Å². The number of guanidine groups is 1. The molecule has 2 aromatic rings. The predicted octanol–water partition coefficient (Wildman–Crippen LogP) is 2.32. The van der Waals surface area contributed by atoms with Crippen LogP contribution in [0.25, 0.3) is 0 Å². The van der Waals surface area contributed by atoms with Gasteiger partial charge in [-0.1, -0.05) is 24.3 Å². The van der Waals surface area contributed by atoms with Gasteiger partial charge in [-0.2, -0.15) is 0 Å². The highest BCUT2D eigenvalue weighted by molar-refractivity contribution is 14.0. The van der Waals surface area contributed by atoms with E-state index in [2.05, 4.69) is 20.6 Å². The summed E-state index contributed by atoms with van der Waals surface area (Å²) >= 11 is 0. The molecule has 9 heteroatoms. The first-order valence-electron chi connectivity index (χ1n) is 7.90. The molecule has 0 aliphatic carbocycles. The van der Waals surface area contributed by atoms with E-state index in [-0.39, 0.29) is 29.7 Å². The lowest BCUT2D eigenvalue weighted by Gasteiger charge is -2.11. The number of aryl methyl sites for hydroxylation is 2. The van der Waals surface area contributed by atoms with Gasteiger partial charge in [0.05, 0.1) is 18.0 Å². The van der Waals surface area contributed by atoms with Crippen molar-refractivity contribution >= 4 is 39.8 Å². The fourth-order valence-electron chi connectivity index (χ4n) is 2.24. The van der Waals surface area contributed by atoms with Crippen molar-refractivity contribution in [2.24, 2.45) is 4.99 Å². The number of aliphatic imine (C=N–C) groups is 1. The smallest absolute Gasteiger partial charge is 0.214 e. The summed E-state index contributed by atoms with van der Waals surface area (Å²) in [5.74, 6) is 2.12. The number of oxazole rings is 1. The summed E-state index contributed by atoms with van der Waals surface area (Å²) in [5, 5.41) is 6.34. The van der Waals surface area contributed by atoms with Gasteiger partial charge in [0, 0.05) is 19.8 Å². The molecular formula is C17H25IN4O3S. The van der Waals surface area contributed by atoms with E-state index in [1.807, 2.05) is 38.1 Å². The van der Waals surface area contributed by atoms with E-state index in [0.717, 1.165) is 22.6 Å². The molecule has 0 saturated heterocycles. The molecule has 7 nitrogen and oxygen atoms in total. The Morgan fingerprint density at radius 1 is 1.12 bits per heavy atom. The van der Waals surface area contributed by atoms with Crippen molar-refractivity contribution in [1.29, 1.82) is 0 Å². The molecule has 2 rings (SSSR count). The second kappa shape index (κ2) is 9.91. The third-order valence-electron chi connectivity index (χ3n) is 3.62. The molecule has 26 heavy (non-hydrogen) atoms. The number of nitrogens with one attached hydrogen (secondary N) is 2. The minimum Gasteiger partial charge on any atom is -0.444 e. The molecule has 2 N–H and O–H groups in total. The minimum absolute atomic E-state index is 0. The molecular weight excluding hydrogens is 467 g/mol. The Labute approximate surface area is 171 Å². The SMILES string of the molecule is CN=C(NCc1ccc(CS(C)(=O)=O)cc1)NCc1nc(C)c(C)o1.I. The number of rotatable bonds is 6. The molecule has 144 valence electrons. The van der Waals surface area contributed by atoms with Crippen LogP contribution in [-0.2, 0) is 28.7 Å². The predicted molar refractivity (Wildman–Crippen MR) is 113 cm³/mol. The van der Waals surface area contributed by atoms with E-state index < -0.39 is 9.84 Å². The first-order chi connectivity index (χ1) is 11.8. The maximum Gasteiger partial charge on any atom is 0.214 e. The van der Waals surface area contributed by atoms with Crippen LogP contribution in [0.1, 0.15) is 28.5 Å². The number of halogens is 1. The minimum atomic E-state index is -3.01. The highest BCUT2D eigenvalue weighted by Gasteiger charge is 2.07. The standard InChI is InChI=1S/C17H24N4O3S.HI/c1-12-13(2)24-16(21-12)10-20-17(18-3)19-9-14-5-7-15(8-6-14)11-25(4,22)23;/h5-8H,9-11H2,1-4H3,(H2,18,19,20);1H. The van der Waals surface area contributed by atoms with Gasteiger partial charge in [0.15, 0.2) is 15.8 Å². The third kappa shape index (κ3) is 7.32. The lowest BCUT2D eigenvalue weighted by molar-refractivity contribution is 0.463. The Bertz CT molecular complexity index is 826. The number of aromatic nitrogens is 1. The number of hydrogen-bond donors (Lipinski definition) is 2. The van der Waals surface area contributed by atoms with E-state index in [1.165, 1.54) is 6.26 Å². The molecule has 0 saturated carbocycles. The largest absolute Gasteiger partial charge is 0.444 e. The van der Waals surface area contributed by atoms with Crippen LogP contribution < -0.4 is 10.6 Å². The summed E-state index contributed by atoms with van der Waals surface area (Å²) in [6.45, 7) is 4.80. The fraction of sp³-hybridized carbons (Fsp3) is 0.412. The summed E-state index contributed by atoms with van der Waals surface area (Å²) in [7, 11) is -1.32. The van der Waals surface area contributed by atoms with E-state index in [0.29, 0.717) is 24.9 Å². The van der Waals surface area contributed by atoms with Crippen LogP contribution in [0.3, 0.4) is 0 Å². The molecule has 0 spiro atoms. The first kappa shape index (κ1) is 22.4. The molecule has 0 radical (unpaired) electrons. The molecule has 0 aliphatic heterocycles. The zero-order chi connectivity index (χ0) is 18.4. The highest BCUT2D eigenvalue weighted by Crippen LogP contribution is 2.09. The third-order valence-corrected chi connectivity index (χ3v) is 4.47. The number of hydrogen-bond acceptors (Lipinski definition) is 5. The Hall–Kier alpha value is -1.62. The van der Waals surface area contributed by atoms with Gasteiger partial charge in [0.25, 0.3) is 0 Å². The maximum atomic E-state index is 11.3. The Morgan fingerprint density at radius 3 is 2.19 bits per heavy atom. The van der Waals surface area contributed by atoms with E-state index in [9.17, 15) is 8.42 Å². The van der Waals surface area contributed by atoms with Gasteiger partial charge >= 0.3 is 0 Å². The summed E-state index contributed by atoms with van der Waals surface area (Å²) < 4.78 is 28.1. The molecule has 0 aliphatic rings. The molecule has 1 aromatic carbocycles. The van der Waals surface area contributed by atoms with Crippen LogP contribution in [0.15, 0.2) is 33.7 Å². The number of nitrogens with zero attached hydrogens (tertiary/aromatic N) is 2. The Kier molecular flexibility index (Phi) is 8.54. The van der Waals surface area contributed by atoms with Crippen molar-refractivity contribution in [2.75, 3.05) is 13.3 Å². The van der Waals surface area contributed by atoms with Gasteiger partial charge in [-0.15, -0.1) is 24.0 Å². The van der Waals surface area contributed by atoms with Gasteiger partial charge in [-0.25, -0.2) is 13.4 Å². The number of sulfone groups is 1. The molecule has 0 fully saturated rings. The van der Waals surface area contributed by atoms with Crippen molar-refractivity contribution in [3.63, 3.8) is 0 Å². The second-order valence-electron chi connectivity index (χ2n) is 5.92. The molecule has 0 amide bonds. The lowest BCUT2D eigenvalue weighted by Crippen LogP contribution is -2.36. The fourth-order valence-corrected chi connectivity index (χ4v) is 3.03. The number of benzene rings is 1. The maximum absolute atomic E-state index is 11.3.